The van der Waals surface area contributed by atoms with Gasteiger partial charge in [0, 0.05) is 6.54 Å². The van der Waals surface area contributed by atoms with Gasteiger partial charge in [-0.1, -0.05) is 24.3 Å². The molecule has 0 heterocycles. The Labute approximate surface area is 143 Å². The fourth-order valence-corrected chi connectivity index (χ4v) is 2.42. The number of methoxy groups -OCH3 is 1. The van der Waals surface area contributed by atoms with Crippen molar-refractivity contribution in [3.8, 4) is 11.5 Å². The monoisotopic (exact) mass is 327 g/mol. The summed E-state index contributed by atoms with van der Waals surface area (Å²) in [4.78, 5) is 11.9. The van der Waals surface area contributed by atoms with Crippen molar-refractivity contribution in [3.05, 3.63) is 59.2 Å². The van der Waals surface area contributed by atoms with Crippen molar-refractivity contribution in [2.45, 2.75) is 26.7 Å². The Kier molecular flexibility index (Phi) is 6.67. The van der Waals surface area contributed by atoms with Crippen molar-refractivity contribution in [2.24, 2.45) is 0 Å². The summed E-state index contributed by atoms with van der Waals surface area (Å²) in [5.41, 5.74) is 3.43. The van der Waals surface area contributed by atoms with E-state index in [9.17, 15) is 4.79 Å². The second-order valence-electron chi connectivity index (χ2n) is 5.79. The molecule has 1 amide bonds. The first-order chi connectivity index (χ1) is 11.6. The van der Waals surface area contributed by atoms with E-state index in [2.05, 4.69) is 11.4 Å². The largest absolute Gasteiger partial charge is 0.497 e. The molecule has 2 rings (SSSR count). The molecule has 4 heteroatoms. The molecule has 2 aromatic carbocycles. The van der Waals surface area contributed by atoms with Crippen LogP contribution in [0.3, 0.4) is 0 Å². The molecule has 0 radical (unpaired) electrons. The third kappa shape index (κ3) is 5.30. The van der Waals surface area contributed by atoms with Crippen LogP contribution in [0.5, 0.6) is 11.5 Å². The highest BCUT2D eigenvalue weighted by Crippen LogP contribution is 2.20. The molecule has 0 fully saturated rings. The zero-order valence-corrected chi connectivity index (χ0v) is 14.6. The molecule has 0 saturated carbocycles. The maximum absolute atomic E-state index is 11.9. The lowest BCUT2D eigenvalue weighted by molar-refractivity contribution is -0.123. The number of ether oxygens (including phenoxy) is 2. The van der Waals surface area contributed by atoms with E-state index < -0.39 is 0 Å². The SMILES string of the molecule is COc1cccc(CCCNC(=O)COc2cccc(C)c2C)c1. The van der Waals surface area contributed by atoms with Crippen molar-refractivity contribution in [3.63, 3.8) is 0 Å². The highest BCUT2D eigenvalue weighted by Gasteiger charge is 2.05. The van der Waals surface area contributed by atoms with E-state index in [4.69, 9.17) is 9.47 Å². The molecule has 2 aromatic rings. The van der Waals surface area contributed by atoms with Crippen LogP contribution in [0.1, 0.15) is 23.1 Å². The van der Waals surface area contributed by atoms with Crippen LogP contribution in [-0.4, -0.2) is 26.2 Å². The van der Waals surface area contributed by atoms with Crippen molar-refractivity contribution in [2.75, 3.05) is 20.3 Å². The van der Waals surface area contributed by atoms with Gasteiger partial charge in [-0.25, -0.2) is 0 Å². The molecule has 1 N–H and O–H groups in total. The molecule has 0 saturated heterocycles. The van der Waals surface area contributed by atoms with Crippen LogP contribution in [-0.2, 0) is 11.2 Å². The summed E-state index contributed by atoms with van der Waals surface area (Å²) in [7, 11) is 1.66. The van der Waals surface area contributed by atoms with Gasteiger partial charge < -0.3 is 14.8 Å². The van der Waals surface area contributed by atoms with Gasteiger partial charge in [-0.3, -0.25) is 4.79 Å². The first-order valence-electron chi connectivity index (χ1n) is 8.19. The number of benzene rings is 2. The summed E-state index contributed by atoms with van der Waals surface area (Å²) in [6.07, 6.45) is 1.78. The first kappa shape index (κ1) is 17.9. The topological polar surface area (TPSA) is 47.6 Å². The molecular weight excluding hydrogens is 302 g/mol. The quantitative estimate of drug-likeness (QED) is 0.756. The van der Waals surface area contributed by atoms with Gasteiger partial charge in [-0.2, -0.15) is 0 Å². The number of hydrogen-bond donors (Lipinski definition) is 1. The Hall–Kier alpha value is -2.49. The molecule has 0 unspecified atom stereocenters. The highest BCUT2D eigenvalue weighted by atomic mass is 16.5. The Morgan fingerprint density at radius 2 is 1.92 bits per heavy atom. The summed E-state index contributed by atoms with van der Waals surface area (Å²) in [6.45, 7) is 4.70. The van der Waals surface area contributed by atoms with E-state index in [0.717, 1.165) is 35.5 Å². The molecule has 0 spiro atoms. The van der Waals surface area contributed by atoms with Crippen LogP contribution in [0, 0.1) is 13.8 Å². The van der Waals surface area contributed by atoms with Gasteiger partial charge >= 0.3 is 0 Å². The molecule has 4 nitrogen and oxygen atoms in total. The van der Waals surface area contributed by atoms with Crippen molar-refractivity contribution in [1.29, 1.82) is 0 Å². The van der Waals surface area contributed by atoms with Crippen LogP contribution in [0.25, 0.3) is 0 Å². The lowest BCUT2D eigenvalue weighted by Gasteiger charge is -2.11. The normalized spacial score (nSPS) is 10.3. The predicted molar refractivity (Wildman–Crippen MR) is 95.7 cm³/mol. The third-order valence-electron chi connectivity index (χ3n) is 4.01. The standard InChI is InChI=1S/C20H25NO3/c1-15-7-4-11-19(16(15)2)24-14-20(22)21-12-6-9-17-8-5-10-18(13-17)23-3/h4-5,7-8,10-11,13H,6,9,12,14H2,1-3H3,(H,21,22). The molecule has 0 aliphatic rings. The van der Waals surface area contributed by atoms with E-state index in [1.807, 2.05) is 50.2 Å². The molecule has 0 bridgehead atoms. The van der Waals surface area contributed by atoms with Gasteiger partial charge in [0.25, 0.3) is 5.91 Å². The van der Waals surface area contributed by atoms with Crippen LogP contribution in [0.15, 0.2) is 42.5 Å². The number of amides is 1. The first-order valence-corrected chi connectivity index (χ1v) is 8.19. The fraction of sp³-hybridized carbons (Fsp3) is 0.350. The van der Waals surface area contributed by atoms with Crippen LogP contribution < -0.4 is 14.8 Å². The lowest BCUT2D eigenvalue weighted by Crippen LogP contribution is -2.30. The number of rotatable bonds is 8. The molecule has 128 valence electrons. The van der Waals surface area contributed by atoms with Crippen molar-refractivity contribution in [1.82, 2.24) is 5.32 Å². The van der Waals surface area contributed by atoms with Gasteiger partial charge in [0.2, 0.25) is 0 Å². The second kappa shape index (κ2) is 8.96. The van der Waals surface area contributed by atoms with E-state index in [-0.39, 0.29) is 12.5 Å². The summed E-state index contributed by atoms with van der Waals surface area (Å²) in [6, 6.07) is 13.8. The Balaban J connectivity index is 1.69. The molecule has 0 aliphatic heterocycles. The Morgan fingerprint density at radius 3 is 2.71 bits per heavy atom. The zero-order chi connectivity index (χ0) is 17.4. The van der Waals surface area contributed by atoms with Gasteiger partial charge in [0.15, 0.2) is 6.61 Å². The third-order valence-corrected chi connectivity index (χ3v) is 4.01. The van der Waals surface area contributed by atoms with Gasteiger partial charge in [-0.15, -0.1) is 0 Å². The number of carbonyl (C=O) groups is 1. The maximum atomic E-state index is 11.9. The molecule has 0 aromatic heterocycles. The van der Waals surface area contributed by atoms with Crippen molar-refractivity contribution < 1.29 is 14.3 Å². The van der Waals surface area contributed by atoms with E-state index in [1.165, 1.54) is 5.56 Å². The predicted octanol–water partition coefficient (Wildman–Crippen LogP) is 3.44. The Morgan fingerprint density at radius 1 is 1.12 bits per heavy atom. The van der Waals surface area contributed by atoms with E-state index >= 15 is 0 Å². The van der Waals surface area contributed by atoms with E-state index in [0.29, 0.717) is 6.54 Å². The molecule has 0 aliphatic carbocycles. The molecular formula is C20H25NO3. The average molecular weight is 327 g/mol. The lowest BCUT2D eigenvalue weighted by atomic mass is 10.1. The van der Waals surface area contributed by atoms with Crippen LogP contribution in [0.4, 0.5) is 0 Å². The second-order valence-corrected chi connectivity index (χ2v) is 5.79. The van der Waals surface area contributed by atoms with Crippen molar-refractivity contribution >= 4 is 5.91 Å². The number of hydrogen-bond acceptors (Lipinski definition) is 3. The van der Waals surface area contributed by atoms with Gasteiger partial charge in [0.05, 0.1) is 7.11 Å². The summed E-state index contributed by atoms with van der Waals surface area (Å²) in [5.74, 6) is 1.53. The minimum absolute atomic E-state index is 0.0451. The molecule has 0 atom stereocenters. The van der Waals surface area contributed by atoms with Crippen LogP contribution >= 0.6 is 0 Å². The smallest absolute Gasteiger partial charge is 0.257 e. The maximum Gasteiger partial charge on any atom is 0.257 e. The van der Waals surface area contributed by atoms with Gasteiger partial charge in [-0.05, 0) is 61.6 Å². The van der Waals surface area contributed by atoms with Crippen LogP contribution in [0.2, 0.25) is 0 Å². The number of nitrogens with one attached hydrogen (secondary N) is 1. The number of carbonyl (C=O) groups excluding carboxylic acids is 1. The Bertz CT molecular complexity index is 682. The summed E-state index contributed by atoms with van der Waals surface area (Å²) < 4.78 is 10.8. The fourth-order valence-electron chi connectivity index (χ4n) is 2.42. The summed E-state index contributed by atoms with van der Waals surface area (Å²) in [5, 5.41) is 2.89. The summed E-state index contributed by atoms with van der Waals surface area (Å²) >= 11 is 0. The average Bonchev–Trinajstić information content (AvgIpc) is 2.60. The number of aryl methyl sites for hydroxylation is 2. The van der Waals surface area contributed by atoms with Gasteiger partial charge in [0.1, 0.15) is 11.5 Å². The molecule has 24 heavy (non-hydrogen) atoms. The van der Waals surface area contributed by atoms with E-state index in [1.54, 1.807) is 7.11 Å². The minimum atomic E-state index is -0.0958. The highest BCUT2D eigenvalue weighted by molar-refractivity contribution is 5.77. The zero-order valence-electron chi connectivity index (χ0n) is 14.6. The minimum Gasteiger partial charge on any atom is -0.497 e.